The number of nitrogens with zero attached hydrogens (tertiary/aromatic N) is 1. The highest BCUT2D eigenvalue weighted by atomic mass is 16.5. The van der Waals surface area contributed by atoms with Crippen LogP contribution in [0.2, 0.25) is 0 Å². The van der Waals surface area contributed by atoms with Crippen molar-refractivity contribution in [1.29, 1.82) is 0 Å². The van der Waals surface area contributed by atoms with Gasteiger partial charge in [-0.25, -0.2) is 0 Å². The molecule has 0 saturated carbocycles. The van der Waals surface area contributed by atoms with Gasteiger partial charge in [0.2, 0.25) is 0 Å². The lowest BCUT2D eigenvalue weighted by Crippen LogP contribution is -1.98. The molecule has 1 heterocycles. The van der Waals surface area contributed by atoms with Crippen LogP contribution < -0.4 is 4.74 Å². The zero-order valence-corrected chi connectivity index (χ0v) is 10.5. The Labute approximate surface area is 106 Å². The monoisotopic (exact) mass is 241 g/mol. The molecule has 0 bridgehead atoms. The van der Waals surface area contributed by atoms with Crippen LogP contribution in [-0.4, -0.2) is 10.8 Å². The minimum absolute atomic E-state index is 0.0395. The first-order chi connectivity index (χ1) is 8.65. The zero-order chi connectivity index (χ0) is 13.0. The third kappa shape index (κ3) is 3.17. The number of rotatable bonds is 4. The fraction of sp³-hybridized carbons (Fsp3) is 0.200. The lowest BCUT2D eigenvalue weighted by atomic mass is 10.1. The molecule has 0 aliphatic carbocycles. The van der Waals surface area contributed by atoms with Crippen LogP contribution in [-0.2, 0) is 6.61 Å². The van der Waals surface area contributed by atoms with E-state index in [4.69, 9.17) is 4.74 Å². The SMILES string of the molecule is CC(=O)c1cccc(OCc2cncc(C)c2)c1. The Kier molecular flexibility index (Phi) is 3.72. The van der Waals surface area contributed by atoms with Crippen molar-refractivity contribution in [3.05, 3.63) is 59.4 Å². The maximum Gasteiger partial charge on any atom is 0.159 e. The number of ether oxygens (including phenoxy) is 1. The van der Waals surface area contributed by atoms with E-state index in [-0.39, 0.29) is 5.78 Å². The van der Waals surface area contributed by atoms with Crippen molar-refractivity contribution in [2.75, 3.05) is 0 Å². The van der Waals surface area contributed by atoms with Gasteiger partial charge in [0.25, 0.3) is 0 Å². The van der Waals surface area contributed by atoms with Gasteiger partial charge in [-0.1, -0.05) is 12.1 Å². The summed E-state index contributed by atoms with van der Waals surface area (Å²) in [7, 11) is 0. The first-order valence-corrected chi connectivity index (χ1v) is 5.79. The van der Waals surface area contributed by atoms with Crippen molar-refractivity contribution in [3.63, 3.8) is 0 Å². The van der Waals surface area contributed by atoms with Gasteiger partial charge < -0.3 is 4.74 Å². The highest BCUT2D eigenvalue weighted by Crippen LogP contribution is 2.15. The standard InChI is InChI=1S/C15H15NO2/c1-11-6-13(9-16-8-11)10-18-15-5-3-4-14(7-15)12(2)17/h3-9H,10H2,1-2H3. The Bertz CT molecular complexity index is 564. The van der Waals surface area contributed by atoms with E-state index < -0.39 is 0 Å². The second-order valence-corrected chi connectivity index (χ2v) is 4.24. The molecule has 0 saturated heterocycles. The molecule has 0 fully saturated rings. The number of benzene rings is 1. The lowest BCUT2D eigenvalue weighted by molar-refractivity contribution is 0.101. The fourth-order valence-corrected chi connectivity index (χ4v) is 1.67. The summed E-state index contributed by atoms with van der Waals surface area (Å²) in [5.41, 5.74) is 2.78. The molecule has 2 aromatic rings. The average molecular weight is 241 g/mol. The van der Waals surface area contributed by atoms with Crippen LogP contribution in [0.15, 0.2) is 42.7 Å². The van der Waals surface area contributed by atoms with E-state index >= 15 is 0 Å². The third-order valence-electron chi connectivity index (χ3n) is 2.58. The largest absolute Gasteiger partial charge is 0.489 e. The Hall–Kier alpha value is -2.16. The lowest BCUT2D eigenvalue weighted by Gasteiger charge is -2.07. The minimum atomic E-state index is 0.0395. The molecule has 0 radical (unpaired) electrons. The Balaban J connectivity index is 2.06. The van der Waals surface area contributed by atoms with Crippen molar-refractivity contribution in [3.8, 4) is 5.75 Å². The number of aryl methyl sites for hydroxylation is 1. The van der Waals surface area contributed by atoms with Crippen molar-refractivity contribution in [2.24, 2.45) is 0 Å². The second kappa shape index (κ2) is 5.45. The molecule has 1 aromatic heterocycles. The van der Waals surface area contributed by atoms with Crippen molar-refractivity contribution < 1.29 is 9.53 Å². The van der Waals surface area contributed by atoms with Gasteiger partial charge in [-0.15, -0.1) is 0 Å². The number of carbonyl (C=O) groups is 1. The summed E-state index contributed by atoms with van der Waals surface area (Å²) in [6.07, 6.45) is 3.59. The summed E-state index contributed by atoms with van der Waals surface area (Å²) >= 11 is 0. The Morgan fingerprint density at radius 1 is 1.28 bits per heavy atom. The quantitative estimate of drug-likeness (QED) is 0.772. The van der Waals surface area contributed by atoms with Crippen LogP contribution in [0, 0.1) is 6.92 Å². The number of carbonyl (C=O) groups excluding carboxylic acids is 1. The molecule has 18 heavy (non-hydrogen) atoms. The van der Waals surface area contributed by atoms with Gasteiger partial charge in [-0.05, 0) is 37.6 Å². The number of ketones is 1. The molecule has 0 aliphatic rings. The summed E-state index contributed by atoms with van der Waals surface area (Å²) in [5, 5.41) is 0. The average Bonchev–Trinajstić information content (AvgIpc) is 2.37. The number of hydrogen-bond donors (Lipinski definition) is 0. The molecule has 3 heteroatoms. The molecule has 2 rings (SSSR count). The third-order valence-corrected chi connectivity index (χ3v) is 2.58. The summed E-state index contributed by atoms with van der Waals surface area (Å²) < 4.78 is 5.65. The second-order valence-electron chi connectivity index (χ2n) is 4.24. The van der Waals surface area contributed by atoms with Gasteiger partial charge in [0.05, 0.1) is 0 Å². The Morgan fingerprint density at radius 2 is 2.11 bits per heavy atom. The minimum Gasteiger partial charge on any atom is -0.489 e. The maximum atomic E-state index is 11.3. The predicted octanol–water partition coefficient (Wildman–Crippen LogP) is 3.17. The number of Topliss-reactive ketones (excluding diaryl/α,β-unsaturated/α-hetero) is 1. The van der Waals surface area contributed by atoms with E-state index in [1.54, 1.807) is 31.5 Å². The van der Waals surface area contributed by atoms with E-state index in [1.165, 1.54) is 0 Å². The summed E-state index contributed by atoms with van der Waals surface area (Å²) in [5.74, 6) is 0.738. The molecule has 3 nitrogen and oxygen atoms in total. The first-order valence-electron chi connectivity index (χ1n) is 5.79. The summed E-state index contributed by atoms with van der Waals surface area (Å²) in [4.78, 5) is 15.4. The number of aromatic nitrogens is 1. The molecular weight excluding hydrogens is 226 g/mol. The summed E-state index contributed by atoms with van der Waals surface area (Å²) in [6.45, 7) is 3.99. The van der Waals surface area contributed by atoms with Crippen LogP contribution in [0.4, 0.5) is 0 Å². The molecule has 92 valence electrons. The molecule has 0 unspecified atom stereocenters. The van der Waals surface area contributed by atoms with Crippen LogP contribution >= 0.6 is 0 Å². The van der Waals surface area contributed by atoms with Crippen LogP contribution in [0.3, 0.4) is 0 Å². The van der Waals surface area contributed by atoms with Crippen LogP contribution in [0.1, 0.15) is 28.4 Å². The van der Waals surface area contributed by atoms with Crippen molar-refractivity contribution in [1.82, 2.24) is 4.98 Å². The van der Waals surface area contributed by atoms with E-state index in [0.717, 1.165) is 11.1 Å². The van der Waals surface area contributed by atoms with Gasteiger partial charge in [-0.2, -0.15) is 0 Å². The molecule has 0 spiro atoms. The van der Waals surface area contributed by atoms with E-state index in [1.807, 2.05) is 25.1 Å². The topological polar surface area (TPSA) is 39.2 Å². The maximum absolute atomic E-state index is 11.3. The zero-order valence-electron chi connectivity index (χ0n) is 10.5. The highest BCUT2D eigenvalue weighted by molar-refractivity contribution is 5.94. The summed E-state index contributed by atoms with van der Waals surface area (Å²) in [6, 6.07) is 9.23. The molecule has 0 aliphatic heterocycles. The number of pyridine rings is 1. The van der Waals surface area contributed by atoms with Gasteiger partial charge >= 0.3 is 0 Å². The van der Waals surface area contributed by atoms with E-state index in [0.29, 0.717) is 17.9 Å². The van der Waals surface area contributed by atoms with E-state index in [9.17, 15) is 4.79 Å². The fourth-order valence-electron chi connectivity index (χ4n) is 1.67. The van der Waals surface area contributed by atoms with Crippen molar-refractivity contribution >= 4 is 5.78 Å². The van der Waals surface area contributed by atoms with Gasteiger partial charge in [0, 0.05) is 23.5 Å². The van der Waals surface area contributed by atoms with Crippen LogP contribution in [0.5, 0.6) is 5.75 Å². The van der Waals surface area contributed by atoms with Gasteiger partial charge in [0.15, 0.2) is 5.78 Å². The van der Waals surface area contributed by atoms with E-state index in [2.05, 4.69) is 4.98 Å². The first kappa shape index (κ1) is 12.3. The molecular formula is C15H15NO2. The normalized spacial score (nSPS) is 10.1. The molecule has 0 amide bonds. The highest BCUT2D eigenvalue weighted by Gasteiger charge is 2.02. The Morgan fingerprint density at radius 3 is 2.83 bits per heavy atom. The predicted molar refractivity (Wildman–Crippen MR) is 69.8 cm³/mol. The molecule has 1 aromatic carbocycles. The van der Waals surface area contributed by atoms with Crippen LogP contribution in [0.25, 0.3) is 0 Å². The smallest absolute Gasteiger partial charge is 0.159 e. The molecule has 0 N–H and O–H groups in total. The van der Waals surface area contributed by atoms with Crippen molar-refractivity contribution in [2.45, 2.75) is 20.5 Å². The number of hydrogen-bond acceptors (Lipinski definition) is 3. The van der Waals surface area contributed by atoms with Gasteiger partial charge in [0.1, 0.15) is 12.4 Å². The molecule has 0 atom stereocenters. The van der Waals surface area contributed by atoms with Gasteiger partial charge in [-0.3, -0.25) is 9.78 Å².